The molecule has 142 valence electrons. The number of ether oxygens (including phenoxy) is 1. The van der Waals surface area contributed by atoms with Gasteiger partial charge in [0.15, 0.2) is 12.4 Å². The molecule has 4 rings (SSSR count). The molecule has 0 spiro atoms. The molecule has 0 saturated heterocycles. The van der Waals surface area contributed by atoms with Crippen molar-refractivity contribution >= 4 is 33.7 Å². The maximum absolute atomic E-state index is 12.4. The number of para-hydroxylation sites is 3. The molecule has 2 aromatic heterocycles. The number of hydrogen-bond donors (Lipinski definition) is 1. The van der Waals surface area contributed by atoms with Crippen molar-refractivity contribution in [2.75, 3.05) is 5.73 Å². The molecule has 0 aliphatic heterocycles. The lowest BCUT2D eigenvalue weighted by atomic mass is 10.2. The predicted octanol–water partition coefficient (Wildman–Crippen LogP) is 2.00. The number of nitrogen functional groups attached to an aromatic ring is 1. The highest BCUT2D eigenvalue weighted by Gasteiger charge is 2.13. The van der Waals surface area contributed by atoms with Crippen LogP contribution in [0.2, 0.25) is 0 Å². The summed E-state index contributed by atoms with van der Waals surface area (Å²) in [6, 6.07) is 14.8. The Morgan fingerprint density at radius 1 is 1.07 bits per heavy atom. The van der Waals surface area contributed by atoms with Gasteiger partial charge in [-0.25, -0.2) is 14.8 Å². The standard InChI is InChI=1S/C20H19N5O3/c1-24-15-8-4-5-9-16(15)25(20(24)27)11-10-18(26)28-12-17-22-14-7-3-2-6-13(14)19(21)23-17/h2-9H,10-12H2,1H3,(H2,21,22,23). The Kier molecular flexibility index (Phi) is 4.52. The van der Waals surface area contributed by atoms with Gasteiger partial charge in [0.1, 0.15) is 5.82 Å². The minimum atomic E-state index is -0.435. The molecular weight excluding hydrogens is 358 g/mol. The quantitative estimate of drug-likeness (QED) is 0.533. The molecule has 2 N–H and O–H groups in total. The Morgan fingerprint density at radius 3 is 2.61 bits per heavy atom. The first-order valence-electron chi connectivity index (χ1n) is 8.85. The molecule has 0 atom stereocenters. The largest absolute Gasteiger partial charge is 0.457 e. The Balaban J connectivity index is 1.43. The van der Waals surface area contributed by atoms with Crippen LogP contribution in [0.3, 0.4) is 0 Å². The van der Waals surface area contributed by atoms with Crippen LogP contribution in [0.4, 0.5) is 5.82 Å². The molecule has 28 heavy (non-hydrogen) atoms. The van der Waals surface area contributed by atoms with Gasteiger partial charge < -0.3 is 10.5 Å². The number of benzene rings is 2. The fourth-order valence-electron chi connectivity index (χ4n) is 3.22. The second kappa shape index (κ2) is 7.15. The van der Waals surface area contributed by atoms with Gasteiger partial charge in [0.25, 0.3) is 0 Å². The number of aryl methyl sites for hydroxylation is 2. The maximum Gasteiger partial charge on any atom is 0.328 e. The number of esters is 1. The van der Waals surface area contributed by atoms with Gasteiger partial charge in [-0.15, -0.1) is 0 Å². The van der Waals surface area contributed by atoms with Crippen LogP contribution in [-0.4, -0.2) is 25.1 Å². The van der Waals surface area contributed by atoms with Gasteiger partial charge in [0, 0.05) is 19.0 Å². The van der Waals surface area contributed by atoms with Crippen LogP contribution in [0.25, 0.3) is 21.9 Å². The Morgan fingerprint density at radius 2 is 1.79 bits per heavy atom. The van der Waals surface area contributed by atoms with Crippen molar-refractivity contribution in [2.45, 2.75) is 19.6 Å². The highest BCUT2D eigenvalue weighted by atomic mass is 16.5. The van der Waals surface area contributed by atoms with E-state index >= 15 is 0 Å². The number of fused-ring (bicyclic) bond motifs is 2. The summed E-state index contributed by atoms with van der Waals surface area (Å²) in [5.74, 6) is 0.251. The summed E-state index contributed by atoms with van der Waals surface area (Å²) < 4.78 is 8.40. The third-order valence-electron chi connectivity index (χ3n) is 4.63. The van der Waals surface area contributed by atoms with Gasteiger partial charge in [0.05, 0.1) is 23.0 Å². The van der Waals surface area contributed by atoms with Crippen molar-refractivity contribution in [3.05, 3.63) is 64.8 Å². The minimum absolute atomic E-state index is 0.0664. The smallest absolute Gasteiger partial charge is 0.328 e. The first-order valence-corrected chi connectivity index (χ1v) is 8.85. The van der Waals surface area contributed by atoms with E-state index < -0.39 is 5.97 Å². The van der Waals surface area contributed by atoms with Crippen LogP contribution in [0.1, 0.15) is 12.2 Å². The van der Waals surface area contributed by atoms with Gasteiger partial charge >= 0.3 is 11.7 Å². The zero-order valence-corrected chi connectivity index (χ0v) is 15.3. The SMILES string of the molecule is Cn1c(=O)n(CCC(=O)OCc2nc(N)c3ccccc3n2)c2ccccc21. The predicted molar refractivity (Wildman–Crippen MR) is 106 cm³/mol. The zero-order valence-electron chi connectivity index (χ0n) is 15.3. The van der Waals surface area contributed by atoms with Crippen molar-refractivity contribution in [1.82, 2.24) is 19.1 Å². The van der Waals surface area contributed by atoms with Crippen molar-refractivity contribution in [2.24, 2.45) is 7.05 Å². The highest BCUT2D eigenvalue weighted by Crippen LogP contribution is 2.17. The molecule has 0 aliphatic carbocycles. The molecule has 0 aliphatic rings. The average Bonchev–Trinajstić information content (AvgIpc) is 2.95. The molecule has 0 fully saturated rings. The van der Waals surface area contributed by atoms with E-state index in [1.807, 2.05) is 48.5 Å². The fourth-order valence-corrected chi connectivity index (χ4v) is 3.22. The number of rotatable bonds is 5. The summed E-state index contributed by atoms with van der Waals surface area (Å²) in [6.07, 6.45) is 0.0664. The average molecular weight is 377 g/mol. The number of carbonyl (C=O) groups excluding carboxylic acids is 1. The summed E-state index contributed by atoms with van der Waals surface area (Å²) in [5, 5.41) is 0.757. The lowest BCUT2D eigenvalue weighted by Gasteiger charge is -2.07. The van der Waals surface area contributed by atoms with E-state index in [9.17, 15) is 9.59 Å². The third kappa shape index (κ3) is 3.20. The maximum atomic E-state index is 12.4. The monoisotopic (exact) mass is 377 g/mol. The minimum Gasteiger partial charge on any atom is -0.457 e. The van der Waals surface area contributed by atoms with Crippen molar-refractivity contribution in [3.8, 4) is 0 Å². The summed E-state index contributed by atoms with van der Waals surface area (Å²) in [4.78, 5) is 33.1. The van der Waals surface area contributed by atoms with Crippen molar-refractivity contribution < 1.29 is 9.53 Å². The van der Waals surface area contributed by atoms with Crippen molar-refractivity contribution in [3.63, 3.8) is 0 Å². The summed E-state index contributed by atoms with van der Waals surface area (Å²) >= 11 is 0. The molecule has 2 aromatic carbocycles. The molecule has 8 heteroatoms. The molecule has 0 bridgehead atoms. The van der Waals surface area contributed by atoms with Gasteiger partial charge in [-0.05, 0) is 24.3 Å². The molecular formula is C20H19N5O3. The van der Waals surface area contributed by atoms with Crippen LogP contribution >= 0.6 is 0 Å². The third-order valence-corrected chi connectivity index (χ3v) is 4.63. The Hall–Kier alpha value is -3.68. The number of carbonyl (C=O) groups is 1. The Bertz CT molecular complexity index is 1240. The van der Waals surface area contributed by atoms with E-state index in [4.69, 9.17) is 10.5 Å². The van der Waals surface area contributed by atoms with E-state index in [2.05, 4.69) is 9.97 Å². The number of anilines is 1. The Labute approximate surface area is 160 Å². The van der Waals surface area contributed by atoms with Crippen molar-refractivity contribution in [1.29, 1.82) is 0 Å². The van der Waals surface area contributed by atoms with Gasteiger partial charge in [-0.1, -0.05) is 24.3 Å². The first kappa shape index (κ1) is 17.7. The van der Waals surface area contributed by atoms with E-state index in [1.54, 1.807) is 16.2 Å². The molecule has 0 unspecified atom stereocenters. The van der Waals surface area contributed by atoms with Gasteiger partial charge in [0.2, 0.25) is 0 Å². The zero-order chi connectivity index (χ0) is 19.7. The second-order valence-corrected chi connectivity index (χ2v) is 6.43. The van der Waals surface area contributed by atoms with Crippen LogP contribution < -0.4 is 11.4 Å². The lowest BCUT2D eigenvalue weighted by molar-refractivity contribution is -0.145. The normalized spacial score (nSPS) is 11.2. The summed E-state index contributed by atoms with van der Waals surface area (Å²) in [5.41, 5.74) is 8.07. The molecule has 0 radical (unpaired) electrons. The molecule has 8 nitrogen and oxygen atoms in total. The summed E-state index contributed by atoms with van der Waals surface area (Å²) in [7, 11) is 1.71. The summed E-state index contributed by atoms with van der Waals surface area (Å²) in [6.45, 7) is 0.165. The van der Waals surface area contributed by atoms with Crippen LogP contribution in [0, 0.1) is 0 Å². The van der Waals surface area contributed by atoms with Crippen LogP contribution in [-0.2, 0) is 29.7 Å². The van der Waals surface area contributed by atoms with Gasteiger partial charge in [-0.3, -0.25) is 13.9 Å². The topological polar surface area (TPSA) is 105 Å². The van der Waals surface area contributed by atoms with Crippen LogP contribution in [0.5, 0.6) is 0 Å². The van der Waals surface area contributed by atoms with Crippen LogP contribution in [0.15, 0.2) is 53.3 Å². The number of aromatic nitrogens is 4. The molecule has 0 saturated carbocycles. The number of imidazole rings is 1. The lowest BCUT2D eigenvalue weighted by Crippen LogP contribution is -2.23. The van der Waals surface area contributed by atoms with E-state index in [-0.39, 0.29) is 25.3 Å². The van der Waals surface area contributed by atoms with E-state index in [0.29, 0.717) is 17.2 Å². The van der Waals surface area contributed by atoms with E-state index in [1.165, 1.54) is 0 Å². The number of nitrogens with two attached hydrogens (primary N) is 1. The van der Waals surface area contributed by atoms with E-state index in [0.717, 1.165) is 16.4 Å². The first-order chi connectivity index (χ1) is 13.5. The molecule has 2 heterocycles. The fraction of sp³-hybridized carbons (Fsp3) is 0.200. The number of hydrogen-bond acceptors (Lipinski definition) is 6. The molecule has 0 amide bonds. The highest BCUT2D eigenvalue weighted by molar-refractivity contribution is 5.87. The van der Waals surface area contributed by atoms with Gasteiger partial charge in [-0.2, -0.15) is 0 Å². The number of nitrogens with zero attached hydrogens (tertiary/aromatic N) is 4. The molecule has 4 aromatic rings. The second-order valence-electron chi connectivity index (χ2n) is 6.43.